The molecule has 2 rings (SSSR count). The van der Waals surface area contributed by atoms with Gasteiger partial charge in [0.05, 0.1) is 0 Å². The second-order valence-electron chi connectivity index (χ2n) is 3.85. The molecule has 2 heterocycles. The number of hydrogen-bond donors (Lipinski definition) is 1. The number of carbonyl (C=O) groups excluding carboxylic acids is 1. The van der Waals surface area contributed by atoms with Crippen molar-refractivity contribution in [3.8, 4) is 0 Å². The van der Waals surface area contributed by atoms with Crippen molar-refractivity contribution >= 4 is 5.91 Å². The molecule has 2 aliphatic heterocycles. The molecule has 4 nitrogen and oxygen atoms in total. The van der Waals surface area contributed by atoms with Crippen molar-refractivity contribution in [2.45, 2.75) is 18.9 Å². The van der Waals surface area contributed by atoms with E-state index in [1.54, 1.807) is 0 Å². The Morgan fingerprint density at radius 2 is 2.31 bits per heavy atom. The van der Waals surface area contributed by atoms with E-state index in [4.69, 9.17) is 10.5 Å². The molecular weight excluding hydrogens is 168 g/mol. The first kappa shape index (κ1) is 8.97. The van der Waals surface area contributed by atoms with Gasteiger partial charge < -0.3 is 15.4 Å². The fourth-order valence-corrected chi connectivity index (χ4v) is 1.87. The minimum atomic E-state index is -0.154. The highest BCUT2D eigenvalue weighted by molar-refractivity contribution is 5.81. The van der Waals surface area contributed by atoms with Crippen LogP contribution in [0.1, 0.15) is 12.8 Å². The molecule has 0 aromatic heterocycles. The Morgan fingerprint density at radius 1 is 1.54 bits per heavy atom. The molecule has 2 saturated heterocycles. The van der Waals surface area contributed by atoms with Crippen LogP contribution in [0.3, 0.4) is 0 Å². The maximum atomic E-state index is 11.6. The van der Waals surface area contributed by atoms with E-state index >= 15 is 0 Å². The predicted molar refractivity (Wildman–Crippen MR) is 48.1 cm³/mol. The fraction of sp³-hybridized carbons (Fsp3) is 0.889. The van der Waals surface area contributed by atoms with Gasteiger partial charge >= 0.3 is 0 Å². The minimum Gasteiger partial charge on any atom is -0.368 e. The summed E-state index contributed by atoms with van der Waals surface area (Å²) in [6.07, 6.45) is 1.76. The number of likely N-dealkylation sites (tertiary alicyclic amines) is 1. The smallest absolute Gasteiger partial charge is 0.251 e. The third kappa shape index (κ3) is 1.69. The predicted octanol–water partition coefficient (Wildman–Crippen LogP) is -0.417. The van der Waals surface area contributed by atoms with Crippen molar-refractivity contribution in [3.05, 3.63) is 0 Å². The van der Waals surface area contributed by atoms with Gasteiger partial charge in [0.15, 0.2) is 0 Å². The quantitative estimate of drug-likeness (QED) is 0.634. The molecule has 2 aliphatic rings. The van der Waals surface area contributed by atoms with Gasteiger partial charge in [0.1, 0.15) is 6.10 Å². The third-order valence-electron chi connectivity index (χ3n) is 2.81. The number of rotatable bonds is 2. The summed E-state index contributed by atoms with van der Waals surface area (Å²) < 4.78 is 5.32. The second kappa shape index (κ2) is 3.64. The van der Waals surface area contributed by atoms with Gasteiger partial charge in [-0.05, 0) is 19.4 Å². The van der Waals surface area contributed by atoms with Crippen molar-refractivity contribution in [1.82, 2.24) is 4.90 Å². The van der Waals surface area contributed by atoms with Crippen LogP contribution in [0.4, 0.5) is 0 Å². The van der Waals surface area contributed by atoms with Crippen LogP contribution in [-0.4, -0.2) is 43.2 Å². The van der Waals surface area contributed by atoms with Gasteiger partial charge in [-0.1, -0.05) is 0 Å². The average molecular weight is 184 g/mol. The van der Waals surface area contributed by atoms with E-state index in [1.165, 1.54) is 0 Å². The van der Waals surface area contributed by atoms with Gasteiger partial charge in [-0.2, -0.15) is 0 Å². The first-order valence-corrected chi connectivity index (χ1v) is 4.91. The van der Waals surface area contributed by atoms with Crippen LogP contribution in [0, 0.1) is 5.92 Å². The number of hydrogen-bond acceptors (Lipinski definition) is 3. The Bertz CT molecular complexity index is 196. The molecule has 74 valence electrons. The highest BCUT2D eigenvalue weighted by Gasteiger charge is 2.35. The third-order valence-corrected chi connectivity index (χ3v) is 2.81. The van der Waals surface area contributed by atoms with Crippen molar-refractivity contribution in [1.29, 1.82) is 0 Å². The molecule has 2 fully saturated rings. The zero-order valence-electron chi connectivity index (χ0n) is 7.74. The van der Waals surface area contributed by atoms with E-state index in [0.717, 1.165) is 32.5 Å². The lowest BCUT2D eigenvalue weighted by molar-refractivity contribution is -0.147. The van der Waals surface area contributed by atoms with Crippen molar-refractivity contribution in [2.24, 2.45) is 11.7 Å². The van der Waals surface area contributed by atoms with E-state index < -0.39 is 0 Å². The topological polar surface area (TPSA) is 55.6 Å². The SMILES string of the molecule is NCC1CN(C(=O)C2CCCO2)C1. The number of nitrogens with zero attached hydrogens (tertiary/aromatic N) is 1. The van der Waals surface area contributed by atoms with Crippen molar-refractivity contribution < 1.29 is 9.53 Å². The molecule has 0 aliphatic carbocycles. The van der Waals surface area contributed by atoms with Gasteiger partial charge in [0.25, 0.3) is 5.91 Å². The van der Waals surface area contributed by atoms with Gasteiger partial charge in [0.2, 0.25) is 0 Å². The monoisotopic (exact) mass is 184 g/mol. The van der Waals surface area contributed by atoms with Crippen LogP contribution in [-0.2, 0) is 9.53 Å². The lowest BCUT2D eigenvalue weighted by atomic mass is 9.99. The van der Waals surface area contributed by atoms with Gasteiger partial charge in [-0.15, -0.1) is 0 Å². The summed E-state index contributed by atoms with van der Waals surface area (Å²) in [5.74, 6) is 0.688. The second-order valence-corrected chi connectivity index (χ2v) is 3.85. The molecule has 2 N–H and O–H groups in total. The normalized spacial score (nSPS) is 29.0. The summed E-state index contributed by atoms with van der Waals surface area (Å²) in [6.45, 7) is 3.09. The summed E-state index contributed by atoms with van der Waals surface area (Å²) in [5, 5.41) is 0. The first-order chi connectivity index (χ1) is 6.31. The van der Waals surface area contributed by atoms with Crippen molar-refractivity contribution in [3.63, 3.8) is 0 Å². The highest BCUT2D eigenvalue weighted by Crippen LogP contribution is 2.20. The number of amides is 1. The van der Waals surface area contributed by atoms with Crippen LogP contribution in [0.5, 0.6) is 0 Å². The molecule has 0 radical (unpaired) electrons. The van der Waals surface area contributed by atoms with Gasteiger partial charge in [0, 0.05) is 25.6 Å². The molecule has 0 aromatic rings. The zero-order chi connectivity index (χ0) is 9.26. The largest absolute Gasteiger partial charge is 0.368 e. The van der Waals surface area contributed by atoms with Crippen LogP contribution in [0.25, 0.3) is 0 Å². The fourth-order valence-electron chi connectivity index (χ4n) is 1.87. The summed E-state index contributed by atoms with van der Waals surface area (Å²) >= 11 is 0. The molecule has 4 heteroatoms. The van der Waals surface area contributed by atoms with Crippen LogP contribution >= 0.6 is 0 Å². The standard InChI is InChI=1S/C9H16N2O2/c10-4-7-5-11(6-7)9(12)8-2-1-3-13-8/h7-8H,1-6,10H2. The van der Waals surface area contributed by atoms with Crippen LogP contribution < -0.4 is 5.73 Å². The Hall–Kier alpha value is -0.610. The summed E-state index contributed by atoms with van der Waals surface area (Å²) in [4.78, 5) is 13.5. The summed E-state index contributed by atoms with van der Waals surface area (Å²) in [5.41, 5.74) is 5.48. The first-order valence-electron chi connectivity index (χ1n) is 4.91. The van der Waals surface area contributed by atoms with E-state index in [9.17, 15) is 4.79 Å². The minimum absolute atomic E-state index is 0.154. The van der Waals surface area contributed by atoms with E-state index in [0.29, 0.717) is 12.5 Å². The van der Waals surface area contributed by atoms with Crippen LogP contribution in [0.2, 0.25) is 0 Å². The van der Waals surface area contributed by atoms with Crippen LogP contribution in [0.15, 0.2) is 0 Å². The maximum Gasteiger partial charge on any atom is 0.251 e. The number of ether oxygens (including phenoxy) is 1. The zero-order valence-corrected chi connectivity index (χ0v) is 7.74. The molecule has 1 amide bonds. The summed E-state index contributed by atoms with van der Waals surface area (Å²) in [7, 11) is 0. The lowest BCUT2D eigenvalue weighted by Gasteiger charge is -2.39. The molecule has 1 atom stereocenters. The Morgan fingerprint density at radius 3 is 2.85 bits per heavy atom. The van der Waals surface area contributed by atoms with E-state index in [1.807, 2.05) is 4.90 Å². The average Bonchev–Trinajstić information content (AvgIpc) is 2.53. The van der Waals surface area contributed by atoms with E-state index in [-0.39, 0.29) is 12.0 Å². The summed E-state index contributed by atoms with van der Waals surface area (Å²) in [6, 6.07) is 0. The van der Waals surface area contributed by atoms with Gasteiger partial charge in [-0.3, -0.25) is 4.79 Å². The molecule has 1 unspecified atom stereocenters. The molecule has 13 heavy (non-hydrogen) atoms. The van der Waals surface area contributed by atoms with E-state index in [2.05, 4.69) is 0 Å². The Balaban J connectivity index is 1.78. The number of nitrogens with two attached hydrogens (primary N) is 1. The molecule has 0 aromatic carbocycles. The Labute approximate surface area is 78.0 Å². The number of carbonyl (C=O) groups is 1. The maximum absolute atomic E-state index is 11.6. The van der Waals surface area contributed by atoms with Gasteiger partial charge in [-0.25, -0.2) is 0 Å². The van der Waals surface area contributed by atoms with Crippen molar-refractivity contribution in [2.75, 3.05) is 26.2 Å². The molecule has 0 spiro atoms. The Kier molecular flexibility index (Phi) is 2.51. The molecule has 0 saturated carbocycles. The lowest BCUT2D eigenvalue weighted by Crippen LogP contribution is -2.55. The molecule has 0 bridgehead atoms. The highest BCUT2D eigenvalue weighted by atomic mass is 16.5. The molecular formula is C9H16N2O2.